The van der Waals surface area contributed by atoms with Crippen molar-refractivity contribution in [3.63, 3.8) is 0 Å². The van der Waals surface area contributed by atoms with Gasteiger partial charge in [-0.2, -0.15) is 13.2 Å². The van der Waals surface area contributed by atoms with Crippen molar-refractivity contribution < 1.29 is 22.7 Å². The molecule has 0 fully saturated rings. The van der Waals surface area contributed by atoms with E-state index < -0.39 is 17.3 Å². The second kappa shape index (κ2) is 10.3. The fourth-order valence-corrected chi connectivity index (χ4v) is 3.53. The van der Waals surface area contributed by atoms with Gasteiger partial charge in [-0.3, -0.25) is 4.79 Å². The number of nitrogens with zero attached hydrogens (tertiary/aromatic N) is 1. The number of alkyl halides is 3. The second-order valence-corrected chi connectivity index (χ2v) is 9.33. The summed E-state index contributed by atoms with van der Waals surface area (Å²) in [6.45, 7) is 9.56. The van der Waals surface area contributed by atoms with E-state index in [4.69, 9.17) is 10.5 Å². The van der Waals surface area contributed by atoms with Gasteiger partial charge in [-0.25, -0.2) is 4.98 Å². The van der Waals surface area contributed by atoms with E-state index in [0.29, 0.717) is 29.9 Å². The lowest BCUT2D eigenvalue weighted by atomic mass is 9.93. The number of rotatable bonds is 9. The van der Waals surface area contributed by atoms with Crippen LogP contribution in [0.3, 0.4) is 0 Å². The molecule has 0 bridgehead atoms. The highest BCUT2D eigenvalue weighted by Crippen LogP contribution is 2.39. The van der Waals surface area contributed by atoms with Crippen LogP contribution >= 0.6 is 0 Å². The molecule has 2 rings (SSSR count). The van der Waals surface area contributed by atoms with E-state index in [-0.39, 0.29) is 30.0 Å². The lowest BCUT2D eigenvalue weighted by Crippen LogP contribution is -2.43. The molecule has 0 spiro atoms. The van der Waals surface area contributed by atoms with Crippen LogP contribution in [0.1, 0.15) is 53.0 Å². The molecule has 1 atom stereocenters. The van der Waals surface area contributed by atoms with Gasteiger partial charge in [-0.05, 0) is 60.6 Å². The highest BCUT2D eigenvalue weighted by Gasteiger charge is 2.35. The minimum absolute atomic E-state index is 0.0328. The number of anilines is 1. The van der Waals surface area contributed by atoms with Crippen molar-refractivity contribution in [2.24, 2.45) is 17.6 Å². The van der Waals surface area contributed by atoms with E-state index in [1.807, 2.05) is 27.7 Å². The number of halogens is 3. The van der Waals surface area contributed by atoms with Gasteiger partial charge in [0.1, 0.15) is 18.2 Å². The number of nitrogens with one attached hydrogen (secondary N) is 1. The Morgan fingerprint density at radius 2 is 1.75 bits per heavy atom. The van der Waals surface area contributed by atoms with E-state index in [2.05, 4.69) is 10.3 Å². The van der Waals surface area contributed by atoms with E-state index >= 15 is 0 Å². The highest BCUT2D eigenvalue weighted by atomic mass is 19.4. The average Bonchev–Trinajstić information content (AvgIpc) is 2.64. The van der Waals surface area contributed by atoms with Crippen molar-refractivity contribution in [2.45, 2.75) is 59.2 Å². The molecule has 1 aromatic heterocycles. The Labute approximate surface area is 187 Å². The quantitative estimate of drug-likeness (QED) is 0.498. The summed E-state index contributed by atoms with van der Waals surface area (Å²) in [7, 11) is 0. The SMILES string of the molecule is CC(C)CC(=O)Nc1cc(-c2ccc(OCC(C)(N)CC(C)C)c(C(F)(F)F)c2)ccn1. The summed E-state index contributed by atoms with van der Waals surface area (Å²) in [5, 5.41) is 2.68. The minimum Gasteiger partial charge on any atom is -0.491 e. The predicted molar refractivity (Wildman–Crippen MR) is 120 cm³/mol. The van der Waals surface area contributed by atoms with Crippen LogP contribution < -0.4 is 15.8 Å². The first-order valence-corrected chi connectivity index (χ1v) is 10.7. The molecule has 0 radical (unpaired) electrons. The topological polar surface area (TPSA) is 77.2 Å². The third-order valence-electron chi connectivity index (χ3n) is 4.67. The largest absolute Gasteiger partial charge is 0.491 e. The molecule has 176 valence electrons. The number of amides is 1. The van der Waals surface area contributed by atoms with Crippen molar-refractivity contribution >= 4 is 11.7 Å². The van der Waals surface area contributed by atoms with Crippen molar-refractivity contribution in [3.05, 3.63) is 42.1 Å². The molecule has 1 heterocycles. The van der Waals surface area contributed by atoms with Gasteiger partial charge in [-0.15, -0.1) is 0 Å². The Morgan fingerprint density at radius 1 is 1.09 bits per heavy atom. The molecule has 0 aliphatic carbocycles. The number of benzene rings is 1. The summed E-state index contributed by atoms with van der Waals surface area (Å²) >= 11 is 0. The highest BCUT2D eigenvalue weighted by molar-refractivity contribution is 5.90. The zero-order valence-electron chi connectivity index (χ0n) is 19.2. The lowest BCUT2D eigenvalue weighted by molar-refractivity contribution is -0.139. The summed E-state index contributed by atoms with van der Waals surface area (Å²) in [4.78, 5) is 16.1. The Balaban J connectivity index is 2.29. The number of carbonyl (C=O) groups is 1. The van der Waals surface area contributed by atoms with Crippen LogP contribution in [0, 0.1) is 11.8 Å². The van der Waals surface area contributed by atoms with Crippen molar-refractivity contribution in [1.29, 1.82) is 0 Å². The smallest absolute Gasteiger partial charge is 0.419 e. The first-order chi connectivity index (χ1) is 14.8. The number of nitrogens with two attached hydrogens (primary N) is 1. The van der Waals surface area contributed by atoms with Gasteiger partial charge in [0.2, 0.25) is 5.91 Å². The van der Waals surface area contributed by atoms with Crippen LogP contribution in [0.2, 0.25) is 0 Å². The zero-order valence-corrected chi connectivity index (χ0v) is 19.2. The Bertz CT molecular complexity index is 925. The van der Waals surface area contributed by atoms with Gasteiger partial charge in [0.05, 0.1) is 5.56 Å². The maximum atomic E-state index is 13.8. The second-order valence-electron chi connectivity index (χ2n) is 9.33. The van der Waals surface area contributed by atoms with E-state index in [1.54, 1.807) is 25.1 Å². The molecular weight excluding hydrogens is 419 g/mol. The average molecular weight is 452 g/mol. The minimum atomic E-state index is -4.60. The molecule has 0 aliphatic heterocycles. The van der Waals surface area contributed by atoms with Crippen molar-refractivity contribution in [1.82, 2.24) is 4.98 Å². The number of aromatic nitrogens is 1. The number of carbonyl (C=O) groups excluding carboxylic acids is 1. The molecule has 0 saturated heterocycles. The molecule has 0 aliphatic rings. The van der Waals surface area contributed by atoms with Crippen LogP contribution in [-0.2, 0) is 11.0 Å². The maximum Gasteiger partial charge on any atom is 0.419 e. The predicted octanol–water partition coefficient (Wildman–Crippen LogP) is 5.89. The van der Waals surface area contributed by atoms with Crippen LogP contribution in [0.25, 0.3) is 11.1 Å². The Kier molecular flexibility index (Phi) is 8.29. The normalized spacial score (nSPS) is 13.8. The zero-order chi connectivity index (χ0) is 24.1. The van der Waals surface area contributed by atoms with Gasteiger partial charge in [0.15, 0.2) is 0 Å². The summed E-state index contributed by atoms with van der Waals surface area (Å²) in [5.41, 5.74) is 5.40. The van der Waals surface area contributed by atoms with E-state index in [9.17, 15) is 18.0 Å². The van der Waals surface area contributed by atoms with Crippen LogP contribution in [-0.4, -0.2) is 23.0 Å². The molecule has 1 aromatic carbocycles. The molecular formula is C24H32F3N3O2. The first kappa shape index (κ1) is 25.6. The molecule has 2 aromatic rings. The Morgan fingerprint density at radius 3 is 2.34 bits per heavy atom. The third-order valence-corrected chi connectivity index (χ3v) is 4.67. The molecule has 3 N–H and O–H groups in total. The van der Waals surface area contributed by atoms with Crippen molar-refractivity contribution in [2.75, 3.05) is 11.9 Å². The van der Waals surface area contributed by atoms with Crippen LogP contribution in [0.5, 0.6) is 5.75 Å². The number of pyridine rings is 1. The van der Waals surface area contributed by atoms with Gasteiger partial charge in [-0.1, -0.05) is 33.8 Å². The monoisotopic (exact) mass is 451 g/mol. The Hall–Kier alpha value is -2.61. The first-order valence-electron chi connectivity index (χ1n) is 10.7. The maximum absolute atomic E-state index is 13.8. The molecule has 1 amide bonds. The van der Waals surface area contributed by atoms with E-state index in [0.717, 1.165) is 6.07 Å². The number of hydrogen-bond donors (Lipinski definition) is 2. The van der Waals surface area contributed by atoms with Crippen LogP contribution in [0.15, 0.2) is 36.5 Å². The summed E-state index contributed by atoms with van der Waals surface area (Å²) in [6, 6.07) is 7.04. The lowest BCUT2D eigenvalue weighted by Gasteiger charge is -2.27. The van der Waals surface area contributed by atoms with E-state index in [1.165, 1.54) is 12.3 Å². The third kappa shape index (κ3) is 7.82. The fraction of sp³-hybridized carbons (Fsp3) is 0.500. The van der Waals surface area contributed by atoms with Gasteiger partial charge >= 0.3 is 6.18 Å². The van der Waals surface area contributed by atoms with Gasteiger partial charge in [0, 0.05) is 18.2 Å². The molecule has 0 saturated carbocycles. The molecule has 1 unspecified atom stereocenters. The summed E-state index contributed by atoms with van der Waals surface area (Å²) < 4.78 is 46.8. The molecule has 8 heteroatoms. The van der Waals surface area contributed by atoms with Crippen molar-refractivity contribution in [3.8, 4) is 16.9 Å². The standard InChI is InChI=1S/C24H32F3N3O2/c1-15(2)10-22(31)30-21-12-18(8-9-29-21)17-6-7-20(19(11-17)24(25,26)27)32-14-23(5,28)13-16(3)4/h6-9,11-12,15-16H,10,13-14,28H2,1-5H3,(H,29,30,31). The number of ether oxygens (including phenoxy) is 1. The van der Waals surface area contributed by atoms with Gasteiger partial charge in [0.25, 0.3) is 0 Å². The fourth-order valence-electron chi connectivity index (χ4n) is 3.53. The number of hydrogen-bond acceptors (Lipinski definition) is 4. The summed E-state index contributed by atoms with van der Waals surface area (Å²) in [6.07, 6.45) is -2.21. The van der Waals surface area contributed by atoms with Crippen LogP contribution in [0.4, 0.5) is 19.0 Å². The molecule has 5 nitrogen and oxygen atoms in total. The summed E-state index contributed by atoms with van der Waals surface area (Å²) in [5.74, 6) is 0.294. The van der Waals surface area contributed by atoms with Gasteiger partial charge < -0.3 is 15.8 Å². The molecule has 32 heavy (non-hydrogen) atoms.